The monoisotopic (exact) mass is 300 g/mol. The fourth-order valence-electron chi connectivity index (χ4n) is 1.28. The van der Waals surface area contributed by atoms with Crippen LogP contribution in [0.1, 0.15) is 23.7 Å². The van der Waals surface area contributed by atoms with Crippen LogP contribution < -0.4 is 4.74 Å². The van der Waals surface area contributed by atoms with E-state index in [9.17, 15) is 26.7 Å². The normalized spacial score (nSPS) is 11.7. The average Bonchev–Trinajstić information content (AvgIpc) is 2.28. The number of halogens is 5. The summed E-state index contributed by atoms with van der Waals surface area (Å²) in [5.41, 5.74) is -4.60. The van der Waals surface area contributed by atoms with Crippen molar-refractivity contribution in [2.45, 2.75) is 30.4 Å². The van der Waals surface area contributed by atoms with Crippen LogP contribution in [0.4, 0.5) is 22.0 Å². The van der Waals surface area contributed by atoms with Gasteiger partial charge in [0.15, 0.2) is 5.78 Å². The Balaban J connectivity index is 3.12. The number of rotatable bonds is 5. The second kappa shape index (κ2) is 6.23. The number of benzene rings is 1. The summed E-state index contributed by atoms with van der Waals surface area (Å²) in [6, 6.07) is 2.99. The molecule has 0 atom stereocenters. The van der Waals surface area contributed by atoms with Crippen LogP contribution in [0, 0.1) is 0 Å². The van der Waals surface area contributed by atoms with E-state index in [1.807, 2.05) is 0 Å². The summed E-state index contributed by atoms with van der Waals surface area (Å²) in [7, 11) is 0. The van der Waals surface area contributed by atoms with Gasteiger partial charge in [-0.3, -0.25) is 4.79 Å². The van der Waals surface area contributed by atoms with Gasteiger partial charge >= 0.3 is 12.1 Å². The van der Waals surface area contributed by atoms with Gasteiger partial charge in [0, 0.05) is 12.0 Å². The third-order valence-electron chi connectivity index (χ3n) is 2.03. The van der Waals surface area contributed by atoms with Gasteiger partial charge in [-0.2, -0.15) is 22.0 Å². The molecule has 19 heavy (non-hydrogen) atoms. The van der Waals surface area contributed by atoms with Crippen molar-refractivity contribution in [2.75, 3.05) is 0 Å². The highest BCUT2D eigenvalue weighted by atomic mass is 32.2. The molecule has 0 spiro atoms. The zero-order chi connectivity index (χ0) is 14.6. The van der Waals surface area contributed by atoms with Crippen molar-refractivity contribution < 1.29 is 31.5 Å². The lowest BCUT2D eigenvalue weighted by Crippen LogP contribution is -2.07. The quantitative estimate of drug-likeness (QED) is 0.455. The Kier molecular flexibility index (Phi) is 5.16. The highest BCUT2D eigenvalue weighted by Crippen LogP contribution is 2.42. The molecule has 0 bridgehead atoms. The van der Waals surface area contributed by atoms with Crippen LogP contribution in [0.3, 0.4) is 0 Å². The summed E-state index contributed by atoms with van der Waals surface area (Å²) >= 11 is -0.572. The lowest BCUT2D eigenvalue weighted by molar-refractivity contribution is -0.0528. The Hall–Kier alpha value is -1.31. The number of hydrogen-bond donors (Lipinski definition) is 0. The number of hydrogen-bond acceptors (Lipinski definition) is 3. The van der Waals surface area contributed by atoms with Crippen LogP contribution in [0.5, 0.6) is 5.75 Å². The van der Waals surface area contributed by atoms with Crippen molar-refractivity contribution in [1.82, 2.24) is 0 Å². The van der Waals surface area contributed by atoms with Crippen molar-refractivity contribution in [3.05, 3.63) is 23.8 Å². The molecule has 0 saturated carbocycles. The maximum atomic E-state index is 12.2. The molecule has 0 aliphatic heterocycles. The molecule has 0 unspecified atom stereocenters. The molecule has 2 nitrogen and oxygen atoms in total. The van der Waals surface area contributed by atoms with Crippen LogP contribution in [0.15, 0.2) is 23.1 Å². The molecule has 0 N–H and O–H groups in total. The largest absolute Gasteiger partial charge is 0.446 e. The summed E-state index contributed by atoms with van der Waals surface area (Å²) in [6.45, 7) is -1.71. The summed E-state index contributed by atoms with van der Waals surface area (Å²) in [4.78, 5) is 10.9. The number of alkyl halides is 5. The van der Waals surface area contributed by atoms with E-state index in [1.54, 1.807) is 6.92 Å². The molecule has 0 saturated heterocycles. The molecule has 0 heterocycles. The van der Waals surface area contributed by atoms with Gasteiger partial charge in [-0.05, 0) is 23.9 Å². The summed E-state index contributed by atoms with van der Waals surface area (Å²) in [5.74, 6) is -1.03. The maximum absolute atomic E-state index is 12.2. The van der Waals surface area contributed by atoms with Gasteiger partial charge in [-0.15, -0.1) is 0 Å². The third kappa shape index (κ3) is 5.06. The van der Waals surface area contributed by atoms with Gasteiger partial charge in [0.25, 0.3) is 0 Å². The van der Waals surface area contributed by atoms with E-state index in [1.165, 1.54) is 0 Å². The molecule has 1 aromatic carbocycles. The first kappa shape index (κ1) is 15.7. The van der Waals surface area contributed by atoms with E-state index in [2.05, 4.69) is 4.74 Å². The Morgan fingerprint density at radius 2 is 2.00 bits per heavy atom. The van der Waals surface area contributed by atoms with Crippen molar-refractivity contribution in [1.29, 1.82) is 0 Å². The topological polar surface area (TPSA) is 26.3 Å². The minimum Gasteiger partial charge on any atom is -0.434 e. The fraction of sp³-hybridized carbons (Fsp3) is 0.364. The van der Waals surface area contributed by atoms with Gasteiger partial charge in [0.1, 0.15) is 5.75 Å². The molecule has 0 amide bonds. The van der Waals surface area contributed by atoms with Crippen molar-refractivity contribution in [3.63, 3.8) is 0 Å². The number of Topliss-reactive ketones (excluding diaryl/α,β-unsaturated/α-hetero) is 1. The minimum absolute atomic E-state index is 0.0321. The van der Waals surface area contributed by atoms with Gasteiger partial charge < -0.3 is 4.74 Å². The molecule has 1 aromatic rings. The second-order valence-corrected chi connectivity index (χ2v) is 4.47. The summed E-state index contributed by atoms with van der Waals surface area (Å²) in [5, 5.41) is 0. The molecule has 0 aliphatic rings. The number of ketones is 1. The number of thioether (sulfide) groups is 1. The molecule has 0 aromatic heterocycles. The van der Waals surface area contributed by atoms with E-state index in [-0.39, 0.29) is 17.8 Å². The van der Waals surface area contributed by atoms with E-state index < -0.39 is 34.5 Å². The predicted molar refractivity (Wildman–Crippen MR) is 59.6 cm³/mol. The van der Waals surface area contributed by atoms with Crippen LogP contribution >= 0.6 is 11.8 Å². The molecule has 1 rings (SSSR count). The second-order valence-electron chi connectivity index (χ2n) is 3.36. The standard InChI is InChI=1S/C11H9F5O2S/c1-2-7(17)6-3-4-9(19-11(14,15)16)8(5-6)18-10(12)13/h3-5,10H,2H2,1H3. The smallest absolute Gasteiger partial charge is 0.434 e. The molecule has 0 fully saturated rings. The van der Waals surface area contributed by atoms with Gasteiger partial charge in [-0.1, -0.05) is 13.0 Å². The Labute approximate surface area is 109 Å². The number of carbonyl (C=O) groups is 1. The SMILES string of the molecule is CCC(=O)c1ccc(SC(F)(F)F)c(OC(F)F)c1. The first-order valence-electron chi connectivity index (χ1n) is 5.10. The average molecular weight is 300 g/mol. The van der Waals surface area contributed by atoms with E-state index in [0.29, 0.717) is 0 Å². The van der Waals surface area contributed by atoms with Crippen molar-refractivity contribution in [3.8, 4) is 5.75 Å². The van der Waals surface area contributed by atoms with Gasteiger partial charge in [0.2, 0.25) is 0 Å². The highest BCUT2D eigenvalue weighted by Gasteiger charge is 2.31. The first-order chi connectivity index (χ1) is 8.73. The van der Waals surface area contributed by atoms with Gasteiger partial charge in [0.05, 0.1) is 4.90 Å². The predicted octanol–water partition coefficient (Wildman–Crippen LogP) is 4.49. The molecule has 0 radical (unpaired) electrons. The maximum Gasteiger partial charge on any atom is 0.446 e. The molecule has 8 heteroatoms. The fourth-order valence-corrected chi connectivity index (χ4v) is 1.88. The van der Waals surface area contributed by atoms with E-state index in [4.69, 9.17) is 0 Å². The Morgan fingerprint density at radius 1 is 1.37 bits per heavy atom. The molecule has 106 valence electrons. The third-order valence-corrected chi connectivity index (χ3v) is 2.82. The summed E-state index contributed by atoms with van der Waals surface area (Å²) < 4.78 is 65.0. The Bertz CT molecular complexity index is 459. The lowest BCUT2D eigenvalue weighted by atomic mass is 10.1. The highest BCUT2D eigenvalue weighted by molar-refractivity contribution is 8.00. The van der Waals surface area contributed by atoms with E-state index in [0.717, 1.165) is 18.2 Å². The lowest BCUT2D eigenvalue weighted by Gasteiger charge is -2.13. The van der Waals surface area contributed by atoms with Crippen LogP contribution in [-0.4, -0.2) is 17.9 Å². The van der Waals surface area contributed by atoms with Crippen LogP contribution in [0.25, 0.3) is 0 Å². The van der Waals surface area contributed by atoms with Crippen molar-refractivity contribution in [2.24, 2.45) is 0 Å². The first-order valence-corrected chi connectivity index (χ1v) is 5.92. The Morgan fingerprint density at radius 3 is 2.47 bits per heavy atom. The number of carbonyl (C=O) groups excluding carboxylic acids is 1. The molecular formula is C11H9F5O2S. The van der Waals surface area contributed by atoms with E-state index >= 15 is 0 Å². The number of ether oxygens (including phenoxy) is 1. The molecule has 0 aliphatic carbocycles. The van der Waals surface area contributed by atoms with Gasteiger partial charge in [-0.25, -0.2) is 0 Å². The minimum atomic E-state index is -4.63. The summed E-state index contributed by atoms with van der Waals surface area (Å²) in [6.07, 6.45) is 0.111. The van der Waals surface area contributed by atoms with Crippen LogP contribution in [-0.2, 0) is 0 Å². The van der Waals surface area contributed by atoms with Crippen molar-refractivity contribution >= 4 is 17.5 Å². The zero-order valence-corrected chi connectivity index (χ0v) is 10.4. The van der Waals surface area contributed by atoms with Crippen LogP contribution in [0.2, 0.25) is 0 Å². The molecular weight excluding hydrogens is 291 g/mol. The zero-order valence-electron chi connectivity index (χ0n) is 9.63.